The molecule has 1 amide bonds. The van der Waals surface area contributed by atoms with E-state index in [0.29, 0.717) is 13.0 Å². The average Bonchev–Trinajstić information content (AvgIpc) is 3.33. The van der Waals surface area contributed by atoms with Crippen molar-refractivity contribution in [2.75, 3.05) is 39.8 Å². The van der Waals surface area contributed by atoms with Gasteiger partial charge in [0.1, 0.15) is 5.75 Å². The molecular formula is C20H24N4O2S. The van der Waals surface area contributed by atoms with Gasteiger partial charge >= 0.3 is 0 Å². The van der Waals surface area contributed by atoms with Crippen LogP contribution in [0.3, 0.4) is 0 Å². The highest BCUT2D eigenvalue weighted by molar-refractivity contribution is 7.12. The predicted molar refractivity (Wildman–Crippen MR) is 107 cm³/mol. The number of aromatic hydroxyl groups is 1. The van der Waals surface area contributed by atoms with Crippen molar-refractivity contribution in [2.45, 2.75) is 12.5 Å². The first-order valence-electron chi connectivity index (χ1n) is 9.24. The molecule has 3 heterocycles. The summed E-state index contributed by atoms with van der Waals surface area (Å²) in [5, 5.41) is 18.6. The first-order chi connectivity index (χ1) is 13.1. The summed E-state index contributed by atoms with van der Waals surface area (Å²) in [5.41, 5.74) is 1.66. The molecule has 1 aromatic carbocycles. The third-order valence-corrected chi connectivity index (χ3v) is 6.14. The Labute approximate surface area is 163 Å². The molecule has 2 aliphatic rings. The van der Waals surface area contributed by atoms with Crippen molar-refractivity contribution >= 4 is 23.0 Å². The van der Waals surface area contributed by atoms with Gasteiger partial charge in [-0.05, 0) is 24.6 Å². The number of piperazine rings is 1. The number of amides is 1. The summed E-state index contributed by atoms with van der Waals surface area (Å²) in [6.45, 7) is 4.08. The summed E-state index contributed by atoms with van der Waals surface area (Å²) in [4.78, 5) is 18.6. The van der Waals surface area contributed by atoms with Gasteiger partial charge in [-0.2, -0.15) is 5.10 Å². The normalized spacial score (nSPS) is 21.4. The largest absolute Gasteiger partial charge is 0.508 e. The number of benzene rings is 1. The van der Waals surface area contributed by atoms with Crippen LogP contribution in [-0.2, 0) is 4.79 Å². The Bertz CT molecular complexity index is 828. The number of thiophene rings is 1. The number of hydrogen-bond donors (Lipinski definition) is 1. The van der Waals surface area contributed by atoms with E-state index >= 15 is 0 Å². The molecule has 1 saturated heterocycles. The molecule has 0 aliphatic carbocycles. The summed E-state index contributed by atoms with van der Waals surface area (Å²) in [6, 6.07) is 11.0. The van der Waals surface area contributed by atoms with Gasteiger partial charge in [0.25, 0.3) is 5.91 Å². The molecule has 7 heteroatoms. The van der Waals surface area contributed by atoms with E-state index in [0.717, 1.165) is 42.3 Å². The number of hydrogen-bond acceptors (Lipinski definition) is 6. The fourth-order valence-electron chi connectivity index (χ4n) is 3.61. The monoisotopic (exact) mass is 384 g/mol. The molecule has 1 atom stereocenters. The third kappa shape index (κ3) is 3.90. The van der Waals surface area contributed by atoms with E-state index < -0.39 is 0 Å². The molecule has 1 fully saturated rings. The van der Waals surface area contributed by atoms with Gasteiger partial charge in [-0.25, -0.2) is 5.01 Å². The number of carbonyl (C=O) groups excluding carboxylic acids is 1. The van der Waals surface area contributed by atoms with Gasteiger partial charge in [0.2, 0.25) is 0 Å². The van der Waals surface area contributed by atoms with Crippen molar-refractivity contribution in [3.63, 3.8) is 0 Å². The van der Waals surface area contributed by atoms with Crippen molar-refractivity contribution in [2.24, 2.45) is 5.10 Å². The zero-order valence-electron chi connectivity index (χ0n) is 15.4. The zero-order valence-corrected chi connectivity index (χ0v) is 16.2. The Hall–Kier alpha value is -2.22. The first kappa shape index (κ1) is 18.2. The van der Waals surface area contributed by atoms with Crippen LogP contribution in [0.4, 0.5) is 0 Å². The van der Waals surface area contributed by atoms with E-state index in [1.807, 2.05) is 29.6 Å². The molecule has 4 rings (SSSR count). The molecule has 6 nitrogen and oxygen atoms in total. The van der Waals surface area contributed by atoms with Crippen LogP contribution in [0.1, 0.15) is 22.9 Å². The van der Waals surface area contributed by atoms with E-state index in [4.69, 9.17) is 0 Å². The molecule has 2 aliphatic heterocycles. The Morgan fingerprint density at radius 3 is 2.67 bits per heavy atom. The van der Waals surface area contributed by atoms with Crippen LogP contribution < -0.4 is 0 Å². The smallest absolute Gasteiger partial charge is 0.257 e. The number of hydrazone groups is 1. The minimum atomic E-state index is -0.261. The van der Waals surface area contributed by atoms with Crippen molar-refractivity contribution in [1.29, 1.82) is 0 Å². The van der Waals surface area contributed by atoms with Crippen molar-refractivity contribution in [3.8, 4) is 5.75 Å². The van der Waals surface area contributed by atoms with E-state index in [9.17, 15) is 9.90 Å². The molecule has 0 spiro atoms. The van der Waals surface area contributed by atoms with Crippen LogP contribution >= 0.6 is 11.3 Å². The average molecular weight is 385 g/mol. The van der Waals surface area contributed by atoms with Crippen molar-refractivity contribution < 1.29 is 9.90 Å². The van der Waals surface area contributed by atoms with Crippen LogP contribution in [0, 0.1) is 0 Å². The molecule has 142 valence electrons. The number of phenols is 1. The Morgan fingerprint density at radius 2 is 1.96 bits per heavy atom. The first-order valence-corrected chi connectivity index (χ1v) is 10.1. The summed E-state index contributed by atoms with van der Waals surface area (Å²) < 4.78 is 0. The van der Waals surface area contributed by atoms with Crippen LogP contribution in [0.25, 0.3) is 0 Å². The molecule has 0 bridgehead atoms. The highest BCUT2D eigenvalue weighted by Crippen LogP contribution is 2.37. The van der Waals surface area contributed by atoms with Crippen LogP contribution in [0.2, 0.25) is 0 Å². The number of carbonyl (C=O) groups is 1. The second kappa shape index (κ2) is 7.80. The number of para-hydroxylation sites is 1. The molecule has 1 unspecified atom stereocenters. The lowest BCUT2D eigenvalue weighted by Gasteiger charge is -2.33. The third-order valence-electron chi connectivity index (χ3n) is 5.22. The molecule has 1 N–H and O–H groups in total. The Morgan fingerprint density at radius 1 is 1.19 bits per heavy atom. The number of phenolic OH excluding ortho intramolecular Hbond substituents is 1. The van der Waals surface area contributed by atoms with Gasteiger partial charge in [-0.1, -0.05) is 24.3 Å². The van der Waals surface area contributed by atoms with Crippen molar-refractivity contribution in [1.82, 2.24) is 14.8 Å². The number of nitrogens with zero attached hydrogens (tertiary/aromatic N) is 4. The van der Waals surface area contributed by atoms with Crippen LogP contribution in [0.15, 0.2) is 46.9 Å². The van der Waals surface area contributed by atoms with Gasteiger partial charge in [0.05, 0.1) is 23.2 Å². The molecule has 0 radical (unpaired) electrons. The Kier molecular flexibility index (Phi) is 5.24. The molecule has 2 aromatic rings. The van der Waals surface area contributed by atoms with E-state index in [-0.39, 0.29) is 17.7 Å². The summed E-state index contributed by atoms with van der Waals surface area (Å²) in [6.07, 6.45) is 0.618. The van der Waals surface area contributed by atoms with Gasteiger partial charge in [0, 0.05) is 38.2 Å². The van der Waals surface area contributed by atoms with Crippen molar-refractivity contribution in [3.05, 3.63) is 52.2 Å². The second-order valence-corrected chi connectivity index (χ2v) is 8.07. The maximum absolute atomic E-state index is 13.1. The van der Waals surface area contributed by atoms with E-state index in [1.54, 1.807) is 28.5 Å². The van der Waals surface area contributed by atoms with E-state index in [2.05, 4.69) is 21.9 Å². The Balaban J connectivity index is 1.57. The summed E-state index contributed by atoms with van der Waals surface area (Å²) in [5.74, 6) is 0.196. The minimum Gasteiger partial charge on any atom is -0.508 e. The predicted octanol–water partition coefficient (Wildman–Crippen LogP) is 2.38. The number of likely N-dealkylation sites (N-methyl/N-ethyl adjacent to an activating group) is 1. The van der Waals surface area contributed by atoms with Crippen LogP contribution in [0.5, 0.6) is 5.75 Å². The summed E-state index contributed by atoms with van der Waals surface area (Å²) >= 11 is 1.62. The fraction of sp³-hybridized carbons (Fsp3) is 0.400. The molecule has 0 saturated carbocycles. The SMILES string of the molecule is CN1CCN(CC(=O)N2N=C(c3cccs3)CC2c2ccccc2O)CC1. The second-order valence-electron chi connectivity index (χ2n) is 7.12. The van der Waals surface area contributed by atoms with Gasteiger partial charge in [-0.15, -0.1) is 11.3 Å². The minimum absolute atomic E-state index is 0.0145. The lowest BCUT2D eigenvalue weighted by atomic mass is 10.00. The standard InChI is InChI=1S/C20H24N4O2S/c1-22-8-10-23(11-9-22)14-20(26)24-17(15-5-2-3-6-18(15)25)13-16(21-24)19-7-4-12-27-19/h2-7,12,17,25H,8-11,13-14H2,1H3. The lowest BCUT2D eigenvalue weighted by Crippen LogP contribution is -2.48. The van der Waals surface area contributed by atoms with Gasteiger partial charge in [-0.3, -0.25) is 9.69 Å². The summed E-state index contributed by atoms with van der Waals surface area (Å²) in [7, 11) is 2.10. The highest BCUT2D eigenvalue weighted by Gasteiger charge is 2.35. The van der Waals surface area contributed by atoms with Gasteiger partial charge in [0.15, 0.2) is 0 Å². The van der Waals surface area contributed by atoms with Crippen LogP contribution in [-0.4, -0.2) is 71.3 Å². The van der Waals surface area contributed by atoms with E-state index in [1.165, 1.54) is 0 Å². The maximum Gasteiger partial charge on any atom is 0.257 e. The lowest BCUT2D eigenvalue weighted by molar-refractivity contribution is -0.134. The topological polar surface area (TPSA) is 59.4 Å². The number of rotatable bonds is 4. The maximum atomic E-state index is 13.1. The zero-order chi connectivity index (χ0) is 18.8. The molecule has 27 heavy (non-hydrogen) atoms. The molecular weight excluding hydrogens is 360 g/mol. The fourth-order valence-corrected chi connectivity index (χ4v) is 4.33. The van der Waals surface area contributed by atoms with Gasteiger partial charge < -0.3 is 10.0 Å². The quantitative estimate of drug-likeness (QED) is 0.879. The molecule has 1 aromatic heterocycles. The highest BCUT2D eigenvalue weighted by atomic mass is 32.1.